The van der Waals surface area contributed by atoms with E-state index in [1.165, 1.54) is 46.5 Å². The molecule has 0 fully saturated rings. The molecule has 1 aliphatic heterocycles. The lowest BCUT2D eigenvalue weighted by molar-refractivity contribution is -0.137. The van der Waals surface area contributed by atoms with Crippen molar-refractivity contribution in [3.8, 4) is 0 Å². The van der Waals surface area contributed by atoms with Crippen molar-refractivity contribution in [1.82, 2.24) is 19.7 Å². The fourth-order valence-electron chi connectivity index (χ4n) is 3.05. The molecule has 3 aromatic rings. The van der Waals surface area contributed by atoms with E-state index in [0.29, 0.717) is 0 Å². The molecule has 9 nitrogen and oxygen atoms in total. The lowest BCUT2D eigenvalue weighted by atomic mass is 10.1. The van der Waals surface area contributed by atoms with Crippen molar-refractivity contribution in [1.29, 1.82) is 0 Å². The molecule has 3 N–H and O–H groups in total. The number of carbonyl (C=O) groups excluding carboxylic acids is 2. The van der Waals surface area contributed by atoms with Crippen molar-refractivity contribution in [2.24, 2.45) is 5.73 Å². The molecule has 1 aliphatic rings. The van der Waals surface area contributed by atoms with E-state index in [1.807, 2.05) is 0 Å². The first-order valence-corrected chi connectivity index (χ1v) is 8.65. The van der Waals surface area contributed by atoms with Crippen LogP contribution in [0.5, 0.6) is 0 Å². The van der Waals surface area contributed by atoms with Crippen molar-refractivity contribution in [3.63, 3.8) is 0 Å². The summed E-state index contributed by atoms with van der Waals surface area (Å²) in [5, 5.41) is 6.60. The van der Waals surface area contributed by atoms with Gasteiger partial charge in [0, 0.05) is 18.1 Å². The van der Waals surface area contributed by atoms with Crippen LogP contribution in [0.15, 0.2) is 49.1 Å². The van der Waals surface area contributed by atoms with Crippen LogP contribution in [0.1, 0.15) is 32.7 Å². The summed E-state index contributed by atoms with van der Waals surface area (Å²) < 4.78 is 39.7. The van der Waals surface area contributed by atoms with Gasteiger partial charge in [0.1, 0.15) is 11.9 Å². The predicted molar refractivity (Wildman–Crippen MR) is 98.6 cm³/mol. The second-order valence-electron chi connectivity index (χ2n) is 6.42. The van der Waals surface area contributed by atoms with E-state index in [1.54, 1.807) is 0 Å². The zero-order chi connectivity index (χ0) is 21.5. The molecule has 1 aromatic carbocycles. The number of hydrogen-bond donors (Lipinski definition) is 2. The van der Waals surface area contributed by atoms with Gasteiger partial charge in [-0.2, -0.15) is 18.3 Å². The quantitative estimate of drug-likeness (QED) is 0.673. The summed E-state index contributed by atoms with van der Waals surface area (Å²) in [5.74, 6) is -1.17. The second kappa shape index (κ2) is 7.22. The molecule has 154 valence electrons. The summed E-state index contributed by atoms with van der Waals surface area (Å²) in [6, 6.07) is 4.15. The molecule has 2 amide bonds. The Morgan fingerprint density at radius 3 is 2.53 bits per heavy atom. The fourth-order valence-corrected chi connectivity index (χ4v) is 3.05. The van der Waals surface area contributed by atoms with Gasteiger partial charge in [-0.15, -0.1) is 0 Å². The van der Waals surface area contributed by atoms with Crippen LogP contribution in [-0.2, 0) is 6.18 Å². The standard InChI is InChI=1S/C18H14F3N7O2/c19-18(20,21)10-1-3-11(4-2-10)27-9-14(22)28-15(17(27)30)12(8-25-28)26-16(29)13-7-23-5-6-24-13/h1-8,14H,9,22H2,(H,26,29). The minimum Gasteiger partial charge on any atom is -0.317 e. The molecule has 30 heavy (non-hydrogen) atoms. The highest BCUT2D eigenvalue weighted by molar-refractivity contribution is 6.12. The fraction of sp³-hybridized carbons (Fsp3) is 0.167. The average molecular weight is 417 g/mol. The van der Waals surface area contributed by atoms with Crippen molar-refractivity contribution < 1.29 is 22.8 Å². The highest BCUT2D eigenvalue weighted by Crippen LogP contribution is 2.33. The van der Waals surface area contributed by atoms with E-state index in [4.69, 9.17) is 5.73 Å². The average Bonchev–Trinajstić information content (AvgIpc) is 3.15. The number of halogens is 3. The molecule has 3 heterocycles. The molecule has 0 saturated carbocycles. The van der Waals surface area contributed by atoms with Crippen molar-refractivity contribution in [2.75, 3.05) is 16.8 Å². The van der Waals surface area contributed by atoms with Crippen LogP contribution in [0.2, 0.25) is 0 Å². The maximum absolute atomic E-state index is 13.1. The minimum atomic E-state index is -4.49. The Bertz CT molecular complexity index is 1100. The number of amides is 2. The first kappa shape index (κ1) is 19.5. The smallest absolute Gasteiger partial charge is 0.317 e. The van der Waals surface area contributed by atoms with Gasteiger partial charge in [-0.3, -0.25) is 14.6 Å². The van der Waals surface area contributed by atoms with Gasteiger partial charge >= 0.3 is 6.18 Å². The number of nitrogens with zero attached hydrogens (tertiary/aromatic N) is 5. The number of fused-ring (bicyclic) bond motifs is 1. The Morgan fingerprint density at radius 2 is 1.90 bits per heavy atom. The van der Waals surface area contributed by atoms with Crippen LogP contribution in [0.4, 0.5) is 24.5 Å². The normalized spacial score (nSPS) is 16.3. The van der Waals surface area contributed by atoms with E-state index in [9.17, 15) is 22.8 Å². The summed E-state index contributed by atoms with van der Waals surface area (Å²) in [6.45, 7) is -0.00355. The van der Waals surface area contributed by atoms with Crippen LogP contribution in [0.3, 0.4) is 0 Å². The highest BCUT2D eigenvalue weighted by atomic mass is 19.4. The van der Waals surface area contributed by atoms with Gasteiger partial charge < -0.3 is 16.0 Å². The zero-order valence-corrected chi connectivity index (χ0v) is 15.2. The van der Waals surface area contributed by atoms with E-state index in [2.05, 4.69) is 20.4 Å². The number of nitrogens with one attached hydrogen (secondary N) is 1. The molecule has 0 aliphatic carbocycles. The molecule has 12 heteroatoms. The number of carbonyl (C=O) groups is 2. The van der Waals surface area contributed by atoms with Crippen LogP contribution in [0.25, 0.3) is 0 Å². The second-order valence-corrected chi connectivity index (χ2v) is 6.42. The lowest BCUT2D eigenvalue weighted by Gasteiger charge is -2.32. The summed E-state index contributed by atoms with van der Waals surface area (Å²) in [7, 11) is 0. The molecular formula is C18H14F3N7O2. The van der Waals surface area contributed by atoms with Gasteiger partial charge in [-0.25, -0.2) is 9.67 Å². The third-order valence-corrected chi connectivity index (χ3v) is 4.48. The largest absolute Gasteiger partial charge is 0.416 e. The first-order valence-electron chi connectivity index (χ1n) is 8.65. The number of benzene rings is 1. The van der Waals surface area contributed by atoms with Crippen molar-refractivity contribution >= 4 is 23.2 Å². The molecular weight excluding hydrogens is 403 g/mol. The molecule has 0 radical (unpaired) electrons. The Balaban J connectivity index is 1.63. The zero-order valence-electron chi connectivity index (χ0n) is 15.2. The Hall–Kier alpha value is -3.80. The molecule has 1 atom stereocenters. The Labute approximate surface area is 167 Å². The summed E-state index contributed by atoms with van der Waals surface area (Å²) >= 11 is 0. The van der Waals surface area contributed by atoms with Crippen LogP contribution in [0, 0.1) is 0 Å². The van der Waals surface area contributed by atoms with E-state index < -0.39 is 29.7 Å². The number of alkyl halides is 3. The van der Waals surface area contributed by atoms with Gasteiger partial charge in [-0.1, -0.05) is 0 Å². The summed E-state index contributed by atoms with van der Waals surface area (Å²) in [5.41, 5.74) is 5.63. The number of anilines is 2. The summed E-state index contributed by atoms with van der Waals surface area (Å²) in [6.07, 6.45) is 0.0308. The van der Waals surface area contributed by atoms with E-state index in [-0.39, 0.29) is 29.3 Å². The summed E-state index contributed by atoms with van der Waals surface area (Å²) in [4.78, 5) is 34.3. The van der Waals surface area contributed by atoms with Gasteiger partial charge in [0.05, 0.1) is 30.2 Å². The van der Waals surface area contributed by atoms with Gasteiger partial charge in [-0.05, 0) is 24.3 Å². The van der Waals surface area contributed by atoms with E-state index >= 15 is 0 Å². The van der Waals surface area contributed by atoms with E-state index in [0.717, 1.165) is 12.1 Å². The minimum absolute atomic E-state index is 0.00355. The molecule has 4 rings (SSSR count). The van der Waals surface area contributed by atoms with Crippen LogP contribution >= 0.6 is 0 Å². The molecule has 0 spiro atoms. The molecule has 1 unspecified atom stereocenters. The van der Waals surface area contributed by atoms with Crippen LogP contribution < -0.4 is 16.0 Å². The van der Waals surface area contributed by atoms with Gasteiger partial charge in [0.2, 0.25) is 0 Å². The number of nitrogens with two attached hydrogens (primary N) is 1. The third kappa shape index (κ3) is 3.48. The molecule has 2 aromatic heterocycles. The Morgan fingerprint density at radius 1 is 1.17 bits per heavy atom. The predicted octanol–water partition coefficient (Wildman–Crippen LogP) is 2.06. The monoisotopic (exact) mass is 417 g/mol. The SMILES string of the molecule is NC1CN(c2ccc(C(F)(F)F)cc2)C(=O)c2c(NC(=O)c3cnccn3)cnn21. The first-order chi connectivity index (χ1) is 14.3. The van der Waals surface area contributed by atoms with Crippen molar-refractivity contribution in [3.05, 3.63) is 66.0 Å². The van der Waals surface area contributed by atoms with Gasteiger partial charge in [0.25, 0.3) is 11.8 Å². The van der Waals surface area contributed by atoms with Crippen molar-refractivity contribution in [2.45, 2.75) is 12.3 Å². The van der Waals surface area contributed by atoms with Crippen LogP contribution in [-0.4, -0.2) is 38.1 Å². The molecule has 0 saturated heterocycles. The lowest BCUT2D eigenvalue weighted by Crippen LogP contribution is -2.46. The van der Waals surface area contributed by atoms with Gasteiger partial charge in [0.15, 0.2) is 5.69 Å². The number of aromatic nitrogens is 4. The number of hydrogen-bond acceptors (Lipinski definition) is 6. The number of rotatable bonds is 3. The maximum atomic E-state index is 13.1. The third-order valence-electron chi connectivity index (χ3n) is 4.48. The molecule has 0 bridgehead atoms. The Kier molecular flexibility index (Phi) is 4.70. The maximum Gasteiger partial charge on any atom is 0.416 e. The highest BCUT2D eigenvalue weighted by Gasteiger charge is 2.35. The topological polar surface area (TPSA) is 119 Å².